The van der Waals surface area contributed by atoms with E-state index in [1.165, 1.54) is 11.3 Å². The minimum Gasteiger partial charge on any atom is -0.462 e. The summed E-state index contributed by atoms with van der Waals surface area (Å²) in [6.45, 7) is 5.08. The summed E-state index contributed by atoms with van der Waals surface area (Å²) in [4.78, 5) is 14.6. The van der Waals surface area contributed by atoms with Crippen molar-refractivity contribution in [3.05, 3.63) is 35.9 Å². The SMILES string of the molecule is CCOC(=O)c1c(N)sc(N2CCOCC2)c1-c1ccccc1. The molecular weight excluding hydrogens is 312 g/mol. The molecule has 0 amide bonds. The van der Waals surface area contributed by atoms with E-state index in [1.807, 2.05) is 30.3 Å². The second-order valence-electron chi connectivity index (χ2n) is 5.21. The zero-order valence-corrected chi connectivity index (χ0v) is 13.9. The molecule has 0 radical (unpaired) electrons. The van der Waals surface area contributed by atoms with Gasteiger partial charge < -0.3 is 20.1 Å². The van der Waals surface area contributed by atoms with Crippen molar-refractivity contribution < 1.29 is 14.3 Å². The molecule has 0 atom stereocenters. The van der Waals surface area contributed by atoms with Crippen molar-refractivity contribution in [3.63, 3.8) is 0 Å². The third kappa shape index (κ3) is 3.18. The van der Waals surface area contributed by atoms with E-state index < -0.39 is 0 Å². The number of benzene rings is 1. The minimum absolute atomic E-state index is 0.329. The van der Waals surface area contributed by atoms with Gasteiger partial charge in [-0.3, -0.25) is 0 Å². The normalized spacial score (nSPS) is 14.7. The highest BCUT2D eigenvalue weighted by atomic mass is 32.1. The number of morpholine rings is 1. The number of carbonyl (C=O) groups excluding carboxylic acids is 1. The number of nitrogen functional groups attached to an aromatic ring is 1. The van der Waals surface area contributed by atoms with Crippen LogP contribution in [0.4, 0.5) is 10.0 Å². The molecule has 1 aromatic carbocycles. The number of thiophene rings is 1. The number of esters is 1. The average molecular weight is 332 g/mol. The van der Waals surface area contributed by atoms with Crippen LogP contribution < -0.4 is 10.6 Å². The van der Waals surface area contributed by atoms with Crippen LogP contribution in [0.15, 0.2) is 30.3 Å². The fourth-order valence-electron chi connectivity index (χ4n) is 2.70. The summed E-state index contributed by atoms with van der Waals surface area (Å²) >= 11 is 1.44. The lowest BCUT2D eigenvalue weighted by molar-refractivity contribution is 0.0529. The highest BCUT2D eigenvalue weighted by Crippen LogP contribution is 2.45. The van der Waals surface area contributed by atoms with Gasteiger partial charge in [0.25, 0.3) is 0 Å². The van der Waals surface area contributed by atoms with E-state index in [-0.39, 0.29) is 5.97 Å². The second kappa shape index (κ2) is 7.02. The second-order valence-corrected chi connectivity index (χ2v) is 6.24. The van der Waals surface area contributed by atoms with Crippen LogP contribution in [0.2, 0.25) is 0 Å². The Kier molecular flexibility index (Phi) is 4.83. The van der Waals surface area contributed by atoms with Crippen LogP contribution in [0.5, 0.6) is 0 Å². The van der Waals surface area contributed by atoms with Crippen molar-refractivity contribution in [1.29, 1.82) is 0 Å². The van der Waals surface area contributed by atoms with Crippen LogP contribution in [0, 0.1) is 0 Å². The van der Waals surface area contributed by atoms with Gasteiger partial charge in [0, 0.05) is 18.7 Å². The van der Waals surface area contributed by atoms with Gasteiger partial charge in [-0.15, -0.1) is 0 Å². The first-order chi connectivity index (χ1) is 11.2. The molecule has 0 spiro atoms. The Morgan fingerprint density at radius 1 is 1.30 bits per heavy atom. The monoisotopic (exact) mass is 332 g/mol. The van der Waals surface area contributed by atoms with Gasteiger partial charge in [0.15, 0.2) is 0 Å². The Hall–Kier alpha value is -2.05. The van der Waals surface area contributed by atoms with Crippen molar-refractivity contribution in [1.82, 2.24) is 0 Å². The van der Waals surface area contributed by atoms with Gasteiger partial charge in [-0.2, -0.15) is 0 Å². The summed E-state index contributed by atoms with van der Waals surface area (Å²) in [5, 5.41) is 1.52. The van der Waals surface area contributed by atoms with Crippen LogP contribution >= 0.6 is 11.3 Å². The summed E-state index contributed by atoms with van der Waals surface area (Å²) < 4.78 is 10.6. The third-order valence-corrected chi connectivity index (χ3v) is 4.84. The third-order valence-electron chi connectivity index (χ3n) is 3.76. The molecule has 1 aromatic heterocycles. The predicted octanol–water partition coefficient (Wildman–Crippen LogP) is 3.01. The molecule has 1 aliphatic heterocycles. The van der Waals surface area contributed by atoms with Crippen LogP contribution in [0.25, 0.3) is 11.1 Å². The average Bonchev–Trinajstić information content (AvgIpc) is 2.94. The maximum atomic E-state index is 12.4. The van der Waals surface area contributed by atoms with Gasteiger partial charge in [-0.05, 0) is 12.5 Å². The Labute approximate surface area is 139 Å². The highest BCUT2D eigenvalue weighted by Gasteiger charge is 2.28. The van der Waals surface area contributed by atoms with Crippen molar-refractivity contribution in [2.45, 2.75) is 6.92 Å². The maximum Gasteiger partial charge on any atom is 0.341 e. The topological polar surface area (TPSA) is 64.8 Å². The predicted molar refractivity (Wildman–Crippen MR) is 93.2 cm³/mol. The minimum atomic E-state index is -0.361. The number of hydrogen-bond donors (Lipinski definition) is 1. The number of nitrogens with two attached hydrogens (primary N) is 1. The van der Waals surface area contributed by atoms with Crippen LogP contribution in [-0.2, 0) is 9.47 Å². The largest absolute Gasteiger partial charge is 0.462 e. The molecule has 1 aliphatic rings. The molecule has 3 rings (SSSR count). The molecule has 0 unspecified atom stereocenters. The first kappa shape index (κ1) is 15.8. The number of nitrogens with zero attached hydrogens (tertiary/aromatic N) is 1. The molecule has 2 N–H and O–H groups in total. The van der Waals surface area contributed by atoms with Crippen molar-refractivity contribution >= 4 is 27.3 Å². The molecule has 6 heteroatoms. The number of anilines is 2. The maximum absolute atomic E-state index is 12.4. The summed E-state index contributed by atoms with van der Waals surface area (Å²) in [7, 11) is 0. The van der Waals surface area contributed by atoms with E-state index in [1.54, 1.807) is 6.92 Å². The smallest absolute Gasteiger partial charge is 0.341 e. The van der Waals surface area contributed by atoms with Crippen LogP contribution in [0.3, 0.4) is 0 Å². The lowest BCUT2D eigenvalue weighted by atomic mass is 10.0. The molecule has 0 aliphatic carbocycles. The van der Waals surface area contributed by atoms with E-state index in [9.17, 15) is 4.79 Å². The number of ether oxygens (including phenoxy) is 2. The van der Waals surface area contributed by atoms with Crippen molar-refractivity contribution in [3.8, 4) is 11.1 Å². The summed E-state index contributed by atoms with van der Waals surface area (Å²) in [5.74, 6) is -0.361. The molecule has 2 aromatic rings. The molecule has 2 heterocycles. The lowest BCUT2D eigenvalue weighted by Gasteiger charge is -2.28. The Morgan fingerprint density at radius 2 is 2.00 bits per heavy atom. The molecule has 1 saturated heterocycles. The van der Waals surface area contributed by atoms with Gasteiger partial charge in [0.1, 0.15) is 15.6 Å². The van der Waals surface area contributed by atoms with Crippen molar-refractivity contribution in [2.24, 2.45) is 0 Å². The Bertz CT molecular complexity index is 679. The molecule has 0 saturated carbocycles. The first-order valence-electron chi connectivity index (χ1n) is 7.70. The van der Waals surface area contributed by atoms with Gasteiger partial charge in [-0.25, -0.2) is 4.79 Å². The van der Waals surface area contributed by atoms with E-state index in [2.05, 4.69) is 4.90 Å². The lowest BCUT2D eigenvalue weighted by Crippen LogP contribution is -2.36. The fraction of sp³-hybridized carbons (Fsp3) is 0.353. The van der Waals surface area contributed by atoms with Crippen LogP contribution in [0.1, 0.15) is 17.3 Å². The number of rotatable bonds is 4. The fourth-order valence-corrected chi connectivity index (χ4v) is 3.83. The van der Waals surface area contributed by atoms with Gasteiger partial charge in [0.2, 0.25) is 0 Å². The van der Waals surface area contributed by atoms with Crippen LogP contribution in [-0.4, -0.2) is 38.9 Å². The summed E-state index contributed by atoms with van der Waals surface area (Å²) in [6, 6.07) is 9.86. The molecule has 23 heavy (non-hydrogen) atoms. The van der Waals surface area contributed by atoms with E-state index in [0.29, 0.717) is 30.4 Å². The molecule has 1 fully saturated rings. The standard InChI is InChI=1S/C17H20N2O3S/c1-2-22-17(20)14-13(12-6-4-3-5-7-12)16(23-15(14)18)19-8-10-21-11-9-19/h3-7H,2,8-11,18H2,1H3. The quantitative estimate of drug-likeness (QED) is 0.872. The zero-order valence-electron chi connectivity index (χ0n) is 13.1. The molecule has 122 valence electrons. The highest BCUT2D eigenvalue weighted by molar-refractivity contribution is 7.21. The molecular formula is C17H20N2O3S. The molecule has 5 nitrogen and oxygen atoms in total. The number of hydrogen-bond acceptors (Lipinski definition) is 6. The van der Waals surface area contributed by atoms with Gasteiger partial charge in [0.05, 0.1) is 19.8 Å². The summed E-state index contributed by atoms with van der Waals surface area (Å²) in [6.07, 6.45) is 0. The Morgan fingerprint density at radius 3 is 2.65 bits per heavy atom. The number of carbonyl (C=O) groups is 1. The molecule has 0 bridgehead atoms. The Balaban J connectivity index is 2.12. The zero-order chi connectivity index (χ0) is 16.2. The van der Waals surface area contributed by atoms with E-state index >= 15 is 0 Å². The van der Waals surface area contributed by atoms with Crippen molar-refractivity contribution in [2.75, 3.05) is 43.5 Å². The first-order valence-corrected chi connectivity index (χ1v) is 8.51. The summed E-state index contributed by atoms with van der Waals surface area (Å²) in [5.41, 5.74) is 8.50. The van der Waals surface area contributed by atoms with Gasteiger partial charge in [-0.1, -0.05) is 41.7 Å². The van der Waals surface area contributed by atoms with E-state index in [4.69, 9.17) is 15.2 Å². The van der Waals surface area contributed by atoms with Gasteiger partial charge >= 0.3 is 5.97 Å². The van der Waals surface area contributed by atoms with E-state index in [0.717, 1.165) is 29.2 Å².